The van der Waals surface area contributed by atoms with Gasteiger partial charge in [0.2, 0.25) is 0 Å². The van der Waals surface area contributed by atoms with Gasteiger partial charge in [0.25, 0.3) is 5.56 Å². The van der Waals surface area contributed by atoms with Gasteiger partial charge in [0.1, 0.15) is 5.69 Å². The molecule has 21 heavy (non-hydrogen) atoms. The molecule has 0 bridgehead atoms. The Hall–Kier alpha value is -2.08. The Kier molecular flexibility index (Phi) is 4.47. The third-order valence-electron chi connectivity index (χ3n) is 3.21. The SMILES string of the molecule is Cc1c(NC(=S)NC(C)C)c(=O)n(-c2ccccc2)n1C. The van der Waals surface area contributed by atoms with Crippen molar-refractivity contribution in [2.24, 2.45) is 7.05 Å². The number of aromatic nitrogens is 2. The molecule has 0 unspecified atom stereocenters. The maximum Gasteiger partial charge on any atom is 0.295 e. The monoisotopic (exact) mass is 304 g/mol. The summed E-state index contributed by atoms with van der Waals surface area (Å²) in [6.07, 6.45) is 0. The molecule has 5 nitrogen and oxygen atoms in total. The Morgan fingerprint density at radius 2 is 1.86 bits per heavy atom. The van der Waals surface area contributed by atoms with Crippen LogP contribution in [-0.4, -0.2) is 20.5 Å². The molecule has 0 saturated carbocycles. The van der Waals surface area contributed by atoms with Crippen LogP contribution in [0.25, 0.3) is 5.69 Å². The minimum absolute atomic E-state index is 0.117. The zero-order chi connectivity index (χ0) is 15.6. The lowest BCUT2D eigenvalue weighted by Crippen LogP contribution is -2.35. The number of nitrogens with one attached hydrogen (secondary N) is 2. The van der Waals surface area contributed by atoms with Crippen LogP contribution in [-0.2, 0) is 7.05 Å². The van der Waals surface area contributed by atoms with Gasteiger partial charge in [-0.15, -0.1) is 0 Å². The third-order valence-corrected chi connectivity index (χ3v) is 3.43. The molecule has 0 amide bonds. The summed E-state index contributed by atoms with van der Waals surface area (Å²) in [4.78, 5) is 12.6. The Morgan fingerprint density at radius 1 is 1.24 bits per heavy atom. The van der Waals surface area contributed by atoms with E-state index in [1.807, 2.05) is 62.8 Å². The summed E-state index contributed by atoms with van der Waals surface area (Å²) in [5.74, 6) is 0. The summed E-state index contributed by atoms with van der Waals surface area (Å²) in [5.41, 5.74) is 2.04. The summed E-state index contributed by atoms with van der Waals surface area (Å²) in [6.45, 7) is 5.88. The van der Waals surface area contributed by atoms with Crippen molar-refractivity contribution >= 4 is 23.0 Å². The van der Waals surface area contributed by atoms with Crippen molar-refractivity contribution in [2.45, 2.75) is 26.8 Å². The van der Waals surface area contributed by atoms with Crippen molar-refractivity contribution in [3.8, 4) is 5.69 Å². The molecule has 0 atom stereocenters. The fraction of sp³-hybridized carbons (Fsp3) is 0.333. The average molecular weight is 304 g/mol. The second kappa shape index (κ2) is 6.13. The van der Waals surface area contributed by atoms with Crippen LogP contribution in [0, 0.1) is 6.92 Å². The highest BCUT2D eigenvalue weighted by Gasteiger charge is 2.16. The lowest BCUT2D eigenvalue weighted by molar-refractivity contribution is 0.630. The average Bonchev–Trinajstić information content (AvgIpc) is 2.63. The van der Waals surface area contributed by atoms with Gasteiger partial charge in [-0.3, -0.25) is 9.48 Å². The van der Waals surface area contributed by atoms with Crippen LogP contribution in [0.1, 0.15) is 19.5 Å². The first kappa shape index (κ1) is 15.3. The maximum atomic E-state index is 12.6. The summed E-state index contributed by atoms with van der Waals surface area (Å²) in [7, 11) is 1.85. The van der Waals surface area contributed by atoms with Gasteiger partial charge in [-0.2, -0.15) is 0 Å². The molecule has 2 aromatic rings. The molecule has 0 spiro atoms. The van der Waals surface area contributed by atoms with Crippen molar-refractivity contribution in [1.29, 1.82) is 0 Å². The first-order chi connectivity index (χ1) is 9.91. The maximum absolute atomic E-state index is 12.6. The molecule has 1 aromatic carbocycles. The van der Waals surface area contributed by atoms with E-state index in [4.69, 9.17) is 12.2 Å². The van der Waals surface area contributed by atoms with E-state index in [-0.39, 0.29) is 11.6 Å². The van der Waals surface area contributed by atoms with Gasteiger partial charge in [0.15, 0.2) is 5.11 Å². The van der Waals surface area contributed by atoms with Crippen molar-refractivity contribution in [1.82, 2.24) is 14.7 Å². The predicted molar refractivity (Wildman–Crippen MR) is 90.2 cm³/mol. The Labute approximate surface area is 129 Å². The van der Waals surface area contributed by atoms with Gasteiger partial charge in [-0.1, -0.05) is 18.2 Å². The zero-order valence-electron chi connectivity index (χ0n) is 12.7. The second-order valence-corrected chi connectivity index (χ2v) is 5.60. The predicted octanol–water partition coefficient (Wildman–Crippen LogP) is 2.18. The number of anilines is 1. The number of nitrogens with zero attached hydrogens (tertiary/aromatic N) is 2. The first-order valence-electron chi connectivity index (χ1n) is 6.83. The molecule has 0 aliphatic carbocycles. The highest BCUT2D eigenvalue weighted by atomic mass is 32.1. The first-order valence-corrected chi connectivity index (χ1v) is 7.24. The van der Waals surface area contributed by atoms with Gasteiger partial charge in [-0.05, 0) is 45.1 Å². The quantitative estimate of drug-likeness (QED) is 0.854. The zero-order valence-corrected chi connectivity index (χ0v) is 13.5. The summed E-state index contributed by atoms with van der Waals surface area (Å²) >= 11 is 5.22. The fourth-order valence-electron chi connectivity index (χ4n) is 2.12. The van der Waals surface area contributed by atoms with E-state index >= 15 is 0 Å². The number of para-hydroxylation sites is 1. The fourth-order valence-corrected chi connectivity index (χ4v) is 2.46. The largest absolute Gasteiger partial charge is 0.360 e. The topological polar surface area (TPSA) is 51.0 Å². The van der Waals surface area contributed by atoms with Gasteiger partial charge in [0, 0.05) is 13.1 Å². The molecule has 2 rings (SSSR count). The number of benzene rings is 1. The van der Waals surface area contributed by atoms with E-state index in [2.05, 4.69) is 10.6 Å². The van der Waals surface area contributed by atoms with Gasteiger partial charge in [0.05, 0.1) is 11.4 Å². The van der Waals surface area contributed by atoms with E-state index in [0.29, 0.717) is 10.8 Å². The van der Waals surface area contributed by atoms with Crippen molar-refractivity contribution in [2.75, 3.05) is 5.32 Å². The minimum Gasteiger partial charge on any atom is -0.360 e. The van der Waals surface area contributed by atoms with Crippen LogP contribution in [0.3, 0.4) is 0 Å². The molecule has 112 valence electrons. The van der Waals surface area contributed by atoms with E-state index in [1.165, 1.54) is 0 Å². The van der Waals surface area contributed by atoms with Crippen molar-refractivity contribution in [3.05, 3.63) is 46.4 Å². The van der Waals surface area contributed by atoms with Gasteiger partial charge >= 0.3 is 0 Å². The molecule has 2 N–H and O–H groups in total. The smallest absolute Gasteiger partial charge is 0.295 e. The highest BCUT2D eigenvalue weighted by molar-refractivity contribution is 7.80. The van der Waals surface area contributed by atoms with E-state index in [0.717, 1.165) is 11.4 Å². The Balaban J connectivity index is 2.42. The molecule has 6 heteroatoms. The summed E-state index contributed by atoms with van der Waals surface area (Å²) in [5, 5.41) is 6.54. The molecule has 0 radical (unpaired) electrons. The summed E-state index contributed by atoms with van der Waals surface area (Å²) in [6, 6.07) is 9.74. The van der Waals surface area contributed by atoms with Gasteiger partial charge in [-0.25, -0.2) is 4.68 Å². The Bertz CT molecular complexity index is 700. The van der Waals surface area contributed by atoms with Gasteiger partial charge < -0.3 is 10.6 Å². The lowest BCUT2D eigenvalue weighted by Gasteiger charge is -2.11. The number of hydrogen-bond acceptors (Lipinski definition) is 2. The molecule has 1 heterocycles. The van der Waals surface area contributed by atoms with Crippen molar-refractivity contribution in [3.63, 3.8) is 0 Å². The van der Waals surface area contributed by atoms with Crippen LogP contribution in [0.5, 0.6) is 0 Å². The van der Waals surface area contributed by atoms with Crippen LogP contribution < -0.4 is 16.2 Å². The molecule has 0 aliphatic heterocycles. The van der Waals surface area contributed by atoms with E-state index in [9.17, 15) is 4.79 Å². The molecule has 0 fully saturated rings. The van der Waals surface area contributed by atoms with Crippen LogP contribution in [0.4, 0.5) is 5.69 Å². The minimum atomic E-state index is -0.117. The van der Waals surface area contributed by atoms with Crippen LogP contribution in [0.2, 0.25) is 0 Å². The second-order valence-electron chi connectivity index (χ2n) is 5.19. The number of thiocarbonyl (C=S) groups is 1. The molecule has 0 saturated heterocycles. The molecule has 1 aromatic heterocycles. The normalized spacial score (nSPS) is 10.7. The van der Waals surface area contributed by atoms with E-state index in [1.54, 1.807) is 4.68 Å². The van der Waals surface area contributed by atoms with Crippen LogP contribution >= 0.6 is 12.2 Å². The van der Waals surface area contributed by atoms with Crippen LogP contribution in [0.15, 0.2) is 35.1 Å². The van der Waals surface area contributed by atoms with Crippen molar-refractivity contribution < 1.29 is 0 Å². The van der Waals surface area contributed by atoms with E-state index < -0.39 is 0 Å². The molecular weight excluding hydrogens is 284 g/mol. The third kappa shape index (κ3) is 3.16. The molecular formula is C15H20N4OS. The standard InChI is InChI=1S/C15H20N4OS/c1-10(2)16-15(21)17-13-11(3)18(4)19(14(13)20)12-8-6-5-7-9-12/h5-10H,1-4H3,(H2,16,17,21). The lowest BCUT2D eigenvalue weighted by atomic mass is 10.3. The number of rotatable bonds is 3. The molecule has 0 aliphatic rings. The summed E-state index contributed by atoms with van der Waals surface area (Å²) < 4.78 is 3.44. The number of hydrogen-bond donors (Lipinski definition) is 2. The Morgan fingerprint density at radius 3 is 2.43 bits per heavy atom. The highest BCUT2D eigenvalue weighted by Crippen LogP contribution is 2.13.